The Balaban J connectivity index is 2.26. The molecule has 20 heavy (non-hydrogen) atoms. The Bertz CT molecular complexity index is 493. The van der Waals surface area contributed by atoms with Crippen molar-refractivity contribution in [2.75, 3.05) is 31.1 Å². The van der Waals surface area contributed by atoms with Gasteiger partial charge < -0.3 is 10.0 Å². The minimum Gasteiger partial charge on any atom is -0.392 e. The molecule has 1 aromatic rings. The van der Waals surface area contributed by atoms with Gasteiger partial charge in [-0.3, -0.25) is 15.0 Å². The highest BCUT2D eigenvalue weighted by atomic mass is 16.6. The summed E-state index contributed by atoms with van der Waals surface area (Å²) in [6, 6.07) is 5.34. The number of aliphatic hydroxyl groups excluding tert-OH is 1. The Labute approximate surface area is 118 Å². The standard InChI is InChI=1S/C14H21N3O3/c1-3-15-6-7-16(9-11(15)2)13-5-4-12(10-18)8-14(13)17(19)20/h4-5,8,11,18H,3,6-7,9-10H2,1-2H3. The average molecular weight is 279 g/mol. The lowest BCUT2D eigenvalue weighted by Gasteiger charge is -2.40. The van der Waals surface area contributed by atoms with E-state index in [1.165, 1.54) is 6.07 Å². The summed E-state index contributed by atoms with van der Waals surface area (Å²) in [5.41, 5.74) is 1.30. The maximum absolute atomic E-state index is 11.2. The predicted molar refractivity (Wildman–Crippen MR) is 77.9 cm³/mol. The van der Waals surface area contributed by atoms with Crippen molar-refractivity contribution in [2.24, 2.45) is 0 Å². The molecule has 0 aliphatic carbocycles. The zero-order chi connectivity index (χ0) is 14.7. The number of nitro groups is 1. The maximum Gasteiger partial charge on any atom is 0.292 e. The van der Waals surface area contributed by atoms with Crippen LogP contribution in [-0.2, 0) is 6.61 Å². The van der Waals surface area contributed by atoms with Crippen molar-refractivity contribution in [1.29, 1.82) is 0 Å². The molecule has 1 unspecified atom stereocenters. The molecule has 1 aliphatic rings. The first-order chi connectivity index (χ1) is 9.56. The molecule has 1 heterocycles. The summed E-state index contributed by atoms with van der Waals surface area (Å²) >= 11 is 0. The molecule has 6 nitrogen and oxygen atoms in total. The van der Waals surface area contributed by atoms with Crippen molar-refractivity contribution in [3.8, 4) is 0 Å². The third-order valence-corrected chi connectivity index (χ3v) is 3.93. The van der Waals surface area contributed by atoms with Crippen LogP contribution in [0.2, 0.25) is 0 Å². The summed E-state index contributed by atoms with van der Waals surface area (Å²) in [7, 11) is 0. The van der Waals surface area contributed by atoms with Gasteiger partial charge in [-0.15, -0.1) is 0 Å². The molecule has 1 N–H and O–H groups in total. The van der Waals surface area contributed by atoms with E-state index in [9.17, 15) is 10.1 Å². The van der Waals surface area contributed by atoms with Crippen molar-refractivity contribution in [3.05, 3.63) is 33.9 Å². The molecule has 1 aromatic carbocycles. The maximum atomic E-state index is 11.2. The third-order valence-electron chi connectivity index (χ3n) is 3.93. The summed E-state index contributed by atoms with van der Waals surface area (Å²) < 4.78 is 0. The molecule has 2 rings (SSSR count). The molecular weight excluding hydrogens is 258 g/mol. The minimum absolute atomic E-state index is 0.0775. The summed E-state index contributed by atoms with van der Waals surface area (Å²) in [6.07, 6.45) is 0. The smallest absolute Gasteiger partial charge is 0.292 e. The first kappa shape index (κ1) is 14.7. The van der Waals surface area contributed by atoms with Crippen LogP contribution in [0, 0.1) is 10.1 Å². The topological polar surface area (TPSA) is 69.8 Å². The molecule has 0 bridgehead atoms. The van der Waals surface area contributed by atoms with Crippen molar-refractivity contribution in [2.45, 2.75) is 26.5 Å². The fourth-order valence-corrected chi connectivity index (χ4v) is 2.76. The Hall–Kier alpha value is -1.66. The minimum atomic E-state index is -0.370. The second kappa shape index (κ2) is 6.19. The van der Waals surface area contributed by atoms with Crippen LogP contribution < -0.4 is 4.90 Å². The van der Waals surface area contributed by atoms with E-state index in [2.05, 4.69) is 23.6 Å². The highest BCUT2D eigenvalue weighted by molar-refractivity contribution is 5.64. The number of piperazine rings is 1. The van der Waals surface area contributed by atoms with E-state index in [4.69, 9.17) is 5.11 Å². The second-order valence-corrected chi connectivity index (χ2v) is 5.16. The average Bonchev–Trinajstić information content (AvgIpc) is 2.46. The molecule has 1 saturated heterocycles. The summed E-state index contributed by atoms with van der Waals surface area (Å²) in [5.74, 6) is 0. The van der Waals surface area contributed by atoms with Crippen molar-refractivity contribution >= 4 is 11.4 Å². The van der Waals surface area contributed by atoms with Crippen LogP contribution in [0.15, 0.2) is 18.2 Å². The summed E-state index contributed by atoms with van der Waals surface area (Å²) in [6.45, 7) is 7.58. The SMILES string of the molecule is CCN1CCN(c2ccc(CO)cc2[N+](=O)[O-])CC1C. The van der Waals surface area contributed by atoms with Crippen LogP contribution in [0.5, 0.6) is 0 Å². The Morgan fingerprint density at radius 1 is 1.45 bits per heavy atom. The summed E-state index contributed by atoms with van der Waals surface area (Å²) in [5, 5.41) is 20.3. The number of likely N-dealkylation sites (N-methyl/N-ethyl adjacent to an activating group) is 1. The van der Waals surface area contributed by atoms with Crippen molar-refractivity contribution in [3.63, 3.8) is 0 Å². The highest BCUT2D eigenvalue weighted by Gasteiger charge is 2.27. The lowest BCUT2D eigenvalue weighted by Crippen LogP contribution is -2.51. The Kier molecular flexibility index (Phi) is 4.57. The van der Waals surface area contributed by atoms with Crippen molar-refractivity contribution in [1.82, 2.24) is 4.90 Å². The quantitative estimate of drug-likeness (QED) is 0.670. The molecule has 0 amide bonds. The van der Waals surface area contributed by atoms with Gasteiger partial charge in [-0.05, 0) is 25.1 Å². The van der Waals surface area contributed by atoms with Gasteiger partial charge in [-0.2, -0.15) is 0 Å². The van der Waals surface area contributed by atoms with E-state index in [1.807, 2.05) is 0 Å². The van der Waals surface area contributed by atoms with Crippen LogP contribution in [-0.4, -0.2) is 47.2 Å². The second-order valence-electron chi connectivity index (χ2n) is 5.16. The number of nitro benzene ring substituents is 1. The van der Waals surface area contributed by atoms with Gasteiger partial charge in [-0.25, -0.2) is 0 Å². The number of aliphatic hydroxyl groups is 1. The van der Waals surface area contributed by atoms with Crippen LogP contribution in [0.1, 0.15) is 19.4 Å². The van der Waals surface area contributed by atoms with Crippen LogP contribution in [0.3, 0.4) is 0 Å². The fraction of sp³-hybridized carbons (Fsp3) is 0.571. The van der Waals surface area contributed by atoms with E-state index in [0.29, 0.717) is 17.3 Å². The van der Waals surface area contributed by atoms with Gasteiger partial charge in [0.2, 0.25) is 0 Å². The van der Waals surface area contributed by atoms with Gasteiger partial charge in [0.05, 0.1) is 11.5 Å². The van der Waals surface area contributed by atoms with Crippen LogP contribution >= 0.6 is 0 Å². The number of rotatable bonds is 4. The highest BCUT2D eigenvalue weighted by Crippen LogP contribution is 2.30. The number of hydrogen-bond acceptors (Lipinski definition) is 5. The lowest BCUT2D eigenvalue weighted by molar-refractivity contribution is -0.384. The Morgan fingerprint density at radius 2 is 2.20 bits per heavy atom. The van der Waals surface area contributed by atoms with Crippen molar-refractivity contribution < 1.29 is 10.0 Å². The first-order valence-corrected chi connectivity index (χ1v) is 6.94. The van der Waals surface area contributed by atoms with Gasteiger partial charge in [-0.1, -0.05) is 13.0 Å². The van der Waals surface area contributed by atoms with Crippen LogP contribution in [0.4, 0.5) is 11.4 Å². The molecule has 0 aromatic heterocycles. The Morgan fingerprint density at radius 3 is 2.75 bits per heavy atom. The molecule has 1 fully saturated rings. The molecule has 0 spiro atoms. The van der Waals surface area contributed by atoms with E-state index in [0.717, 1.165) is 26.2 Å². The third kappa shape index (κ3) is 2.91. The summed E-state index contributed by atoms with van der Waals surface area (Å²) in [4.78, 5) is 15.3. The van der Waals surface area contributed by atoms with Gasteiger partial charge in [0.25, 0.3) is 5.69 Å². The number of hydrogen-bond donors (Lipinski definition) is 1. The predicted octanol–water partition coefficient (Wildman–Crippen LogP) is 1.62. The first-order valence-electron chi connectivity index (χ1n) is 6.94. The van der Waals surface area contributed by atoms with Gasteiger partial charge in [0.15, 0.2) is 0 Å². The van der Waals surface area contributed by atoms with Crippen LogP contribution in [0.25, 0.3) is 0 Å². The molecule has 6 heteroatoms. The molecule has 0 radical (unpaired) electrons. The van der Waals surface area contributed by atoms with E-state index < -0.39 is 0 Å². The fourth-order valence-electron chi connectivity index (χ4n) is 2.76. The normalized spacial score (nSPS) is 20.1. The molecular formula is C14H21N3O3. The lowest BCUT2D eigenvalue weighted by atomic mass is 10.1. The zero-order valence-corrected chi connectivity index (χ0v) is 12.0. The van der Waals surface area contributed by atoms with Gasteiger partial charge >= 0.3 is 0 Å². The van der Waals surface area contributed by atoms with Gasteiger partial charge in [0, 0.05) is 31.7 Å². The van der Waals surface area contributed by atoms with E-state index in [1.54, 1.807) is 12.1 Å². The number of nitrogens with zero attached hydrogens (tertiary/aromatic N) is 3. The molecule has 0 saturated carbocycles. The molecule has 1 aliphatic heterocycles. The number of benzene rings is 1. The monoisotopic (exact) mass is 279 g/mol. The zero-order valence-electron chi connectivity index (χ0n) is 12.0. The number of anilines is 1. The van der Waals surface area contributed by atoms with E-state index >= 15 is 0 Å². The molecule has 110 valence electrons. The van der Waals surface area contributed by atoms with Gasteiger partial charge in [0.1, 0.15) is 5.69 Å². The largest absolute Gasteiger partial charge is 0.392 e. The van der Waals surface area contributed by atoms with E-state index in [-0.39, 0.29) is 17.2 Å². The molecule has 1 atom stereocenters.